The number of thiophene rings is 1. The molecular formula is C19H19NO2S. The highest BCUT2D eigenvalue weighted by Gasteiger charge is 2.24. The van der Waals surface area contributed by atoms with Crippen LogP contribution in [0.3, 0.4) is 0 Å². The lowest BCUT2D eigenvalue weighted by Crippen LogP contribution is -2.38. The maximum Gasteiger partial charge on any atom is 0.224 e. The van der Waals surface area contributed by atoms with Crippen LogP contribution in [-0.4, -0.2) is 17.6 Å². The summed E-state index contributed by atoms with van der Waals surface area (Å²) in [6.07, 6.45) is 0.311. The van der Waals surface area contributed by atoms with Gasteiger partial charge in [0, 0.05) is 4.88 Å². The summed E-state index contributed by atoms with van der Waals surface area (Å²) in [6, 6.07) is 17.9. The van der Waals surface area contributed by atoms with Gasteiger partial charge in [-0.2, -0.15) is 0 Å². The number of aliphatic hydroxyl groups is 1. The highest BCUT2D eigenvalue weighted by Crippen LogP contribution is 2.24. The SMILES string of the molecule is CC(O)(CNC(=O)Cc1ccc2ccccc2c1)c1cccs1. The maximum atomic E-state index is 12.1. The molecule has 2 N–H and O–H groups in total. The molecule has 1 heterocycles. The molecule has 0 fully saturated rings. The van der Waals surface area contributed by atoms with Crippen LogP contribution in [0.1, 0.15) is 17.4 Å². The Balaban J connectivity index is 1.62. The normalized spacial score (nSPS) is 13.7. The average Bonchev–Trinajstić information content (AvgIpc) is 3.08. The fraction of sp³-hybridized carbons (Fsp3) is 0.211. The lowest BCUT2D eigenvalue weighted by atomic mass is 10.0. The molecule has 3 nitrogen and oxygen atoms in total. The largest absolute Gasteiger partial charge is 0.383 e. The van der Waals surface area contributed by atoms with E-state index in [0.717, 1.165) is 21.2 Å². The van der Waals surface area contributed by atoms with Gasteiger partial charge in [0.25, 0.3) is 0 Å². The number of hydrogen-bond donors (Lipinski definition) is 2. The van der Waals surface area contributed by atoms with Crippen molar-refractivity contribution < 1.29 is 9.90 Å². The number of fused-ring (bicyclic) bond motifs is 1. The third-order valence-corrected chi connectivity index (χ3v) is 4.98. The zero-order chi connectivity index (χ0) is 16.3. The highest BCUT2D eigenvalue weighted by atomic mass is 32.1. The summed E-state index contributed by atoms with van der Waals surface area (Å²) >= 11 is 1.49. The molecule has 0 aliphatic heterocycles. The van der Waals surface area contributed by atoms with Crippen LogP contribution in [-0.2, 0) is 16.8 Å². The van der Waals surface area contributed by atoms with E-state index in [4.69, 9.17) is 0 Å². The molecule has 1 unspecified atom stereocenters. The molecule has 1 atom stereocenters. The van der Waals surface area contributed by atoms with E-state index in [2.05, 4.69) is 11.4 Å². The lowest BCUT2D eigenvalue weighted by Gasteiger charge is -2.22. The number of nitrogens with one attached hydrogen (secondary N) is 1. The van der Waals surface area contributed by atoms with E-state index in [0.29, 0.717) is 6.42 Å². The number of carbonyl (C=O) groups is 1. The van der Waals surface area contributed by atoms with E-state index in [1.165, 1.54) is 11.3 Å². The second kappa shape index (κ2) is 6.52. The minimum atomic E-state index is -1.03. The van der Waals surface area contributed by atoms with Gasteiger partial charge in [-0.05, 0) is 34.7 Å². The standard InChI is InChI=1S/C19H19NO2S/c1-19(22,17-7-4-10-23-17)13-20-18(21)12-14-8-9-15-5-2-3-6-16(15)11-14/h2-11,22H,12-13H2,1H3,(H,20,21). The molecule has 3 rings (SSSR count). The van der Waals surface area contributed by atoms with Gasteiger partial charge in [0.1, 0.15) is 5.60 Å². The van der Waals surface area contributed by atoms with E-state index in [-0.39, 0.29) is 12.5 Å². The van der Waals surface area contributed by atoms with E-state index in [1.807, 2.05) is 53.9 Å². The molecule has 4 heteroatoms. The van der Waals surface area contributed by atoms with Crippen molar-refractivity contribution in [3.63, 3.8) is 0 Å². The van der Waals surface area contributed by atoms with Gasteiger partial charge in [0.05, 0.1) is 13.0 Å². The summed E-state index contributed by atoms with van der Waals surface area (Å²) < 4.78 is 0. The molecule has 2 aromatic carbocycles. The minimum absolute atomic E-state index is 0.0860. The molecule has 0 saturated heterocycles. The third-order valence-electron chi connectivity index (χ3n) is 3.86. The zero-order valence-corrected chi connectivity index (χ0v) is 13.8. The first kappa shape index (κ1) is 15.7. The summed E-state index contributed by atoms with van der Waals surface area (Å²) in [6.45, 7) is 1.93. The van der Waals surface area contributed by atoms with Gasteiger partial charge in [0.2, 0.25) is 5.91 Å². The van der Waals surface area contributed by atoms with Gasteiger partial charge in [0.15, 0.2) is 0 Å². The number of hydrogen-bond acceptors (Lipinski definition) is 3. The van der Waals surface area contributed by atoms with Crippen molar-refractivity contribution in [3.05, 3.63) is 70.4 Å². The van der Waals surface area contributed by atoms with Crippen LogP contribution in [0.15, 0.2) is 60.0 Å². The van der Waals surface area contributed by atoms with Gasteiger partial charge in [-0.15, -0.1) is 11.3 Å². The first-order valence-electron chi connectivity index (χ1n) is 7.55. The van der Waals surface area contributed by atoms with E-state index in [9.17, 15) is 9.90 Å². The first-order chi connectivity index (χ1) is 11.0. The highest BCUT2D eigenvalue weighted by molar-refractivity contribution is 7.10. The first-order valence-corrected chi connectivity index (χ1v) is 8.43. The molecule has 1 aromatic heterocycles. The number of rotatable bonds is 5. The van der Waals surface area contributed by atoms with E-state index in [1.54, 1.807) is 6.92 Å². The van der Waals surface area contributed by atoms with Crippen LogP contribution < -0.4 is 5.32 Å². The van der Waals surface area contributed by atoms with E-state index < -0.39 is 5.60 Å². The Kier molecular flexibility index (Phi) is 4.46. The maximum absolute atomic E-state index is 12.1. The van der Waals surface area contributed by atoms with Crippen LogP contribution in [0, 0.1) is 0 Å². The topological polar surface area (TPSA) is 49.3 Å². The predicted octanol–water partition coefficient (Wildman–Crippen LogP) is 3.47. The Labute approximate surface area is 139 Å². The smallest absolute Gasteiger partial charge is 0.224 e. The third kappa shape index (κ3) is 3.78. The molecule has 0 aliphatic rings. The average molecular weight is 325 g/mol. The quantitative estimate of drug-likeness (QED) is 0.755. The van der Waals surface area contributed by atoms with Crippen molar-refractivity contribution in [2.75, 3.05) is 6.54 Å². The molecule has 0 radical (unpaired) electrons. The van der Waals surface area contributed by atoms with Crippen LogP contribution in [0.4, 0.5) is 0 Å². The summed E-state index contributed by atoms with van der Waals surface area (Å²) in [7, 11) is 0. The molecule has 1 amide bonds. The Morgan fingerprint density at radius 3 is 2.65 bits per heavy atom. The molecule has 23 heavy (non-hydrogen) atoms. The van der Waals surface area contributed by atoms with Crippen molar-refractivity contribution in [2.24, 2.45) is 0 Å². The molecule has 118 valence electrons. The van der Waals surface area contributed by atoms with Crippen molar-refractivity contribution in [1.82, 2.24) is 5.32 Å². The summed E-state index contributed by atoms with van der Waals surface area (Å²) in [4.78, 5) is 13.0. The second-order valence-electron chi connectivity index (χ2n) is 5.89. The number of carbonyl (C=O) groups excluding carboxylic acids is 1. The van der Waals surface area contributed by atoms with Gasteiger partial charge < -0.3 is 10.4 Å². The van der Waals surface area contributed by atoms with Crippen molar-refractivity contribution in [1.29, 1.82) is 0 Å². The fourth-order valence-electron chi connectivity index (χ4n) is 2.54. The Bertz CT molecular complexity index is 809. The Hall–Kier alpha value is -2.17. The Morgan fingerprint density at radius 2 is 1.91 bits per heavy atom. The van der Waals surface area contributed by atoms with Gasteiger partial charge in [-0.1, -0.05) is 48.5 Å². The molecule has 0 aliphatic carbocycles. The van der Waals surface area contributed by atoms with Crippen LogP contribution >= 0.6 is 11.3 Å². The minimum Gasteiger partial charge on any atom is -0.383 e. The van der Waals surface area contributed by atoms with Crippen molar-refractivity contribution in [3.8, 4) is 0 Å². The zero-order valence-electron chi connectivity index (χ0n) is 13.0. The summed E-state index contributed by atoms with van der Waals surface area (Å²) in [5, 5.41) is 17.5. The molecule has 0 saturated carbocycles. The van der Waals surface area contributed by atoms with Crippen LogP contribution in [0.2, 0.25) is 0 Å². The number of benzene rings is 2. The molecule has 0 bridgehead atoms. The van der Waals surface area contributed by atoms with E-state index >= 15 is 0 Å². The lowest BCUT2D eigenvalue weighted by molar-refractivity contribution is -0.121. The predicted molar refractivity (Wildman–Crippen MR) is 94.6 cm³/mol. The Morgan fingerprint density at radius 1 is 1.13 bits per heavy atom. The van der Waals surface area contributed by atoms with Crippen LogP contribution in [0.5, 0.6) is 0 Å². The fourth-order valence-corrected chi connectivity index (χ4v) is 3.33. The van der Waals surface area contributed by atoms with Crippen LogP contribution in [0.25, 0.3) is 10.8 Å². The summed E-state index contributed by atoms with van der Waals surface area (Å²) in [5.74, 6) is -0.0860. The molecule has 3 aromatic rings. The van der Waals surface area contributed by atoms with Crippen molar-refractivity contribution >= 4 is 28.0 Å². The van der Waals surface area contributed by atoms with Gasteiger partial charge in [-0.3, -0.25) is 4.79 Å². The van der Waals surface area contributed by atoms with Crippen molar-refractivity contribution in [2.45, 2.75) is 18.9 Å². The number of amides is 1. The summed E-state index contributed by atoms with van der Waals surface area (Å²) in [5.41, 5.74) is -0.0651. The molecular weight excluding hydrogens is 306 g/mol. The monoisotopic (exact) mass is 325 g/mol. The second-order valence-corrected chi connectivity index (χ2v) is 6.83. The molecule has 0 spiro atoms. The van der Waals surface area contributed by atoms with Gasteiger partial charge >= 0.3 is 0 Å². The van der Waals surface area contributed by atoms with Gasteiger partial charge in [-0.25, -0.2) is 0 Å².